The predicted molar refractivity (Wildman–Crippen MR) is 106 cm³/mol. The fraction of sp³-hybridized carbons (Fsp3) is 0.348. The van der Waals surface area contributed by atoms with Crippen LogP contribution in [0.3, 0.4) is 0 Å². The zero-order valence-corrected chi connectivity index (χ0v) is 17.1. The van der Waals surface area contributed by atoms with Crippen LogP contribution in [0.1, 0.15) is 24.2 Å². The van der Waals surface area contributed by atoms with E-state index in [0.29, 0.717) is 11.1 Å². The molecule has 0 radical (unpaired) electrons. The van der Waals surface area contributed by atoms with Crippen molar-refractivity contribution >= 4 is 17.9 Å². The summed E-state index contributed by atoms with van der Waals surface area (Å²) in [4.78, 5) is 39.2. The van der Waals surface area contributed by atoms with Crippen molar-refractivity contribution in [3.63, 3.8) is 0 Å². The van der Waals surface area contributed by atoms with Gasteiger partial charge in [0.25, 0.3) is 0 Å². The highest BCUT2D eigenvalue weighted by molar-refractivity contribution is 5.94. The number of hydrogen-bond acceptors (Lipinski definition) is 7. The van der Waals surface area contributed by atoms with Gasteiger partial charge < -0.3 is 18.9 Å². The van der Waals surface area contributed by atoms with Gasteiger partial charge in [0, 0.05) is 0 Å². The highest BCUT2D eigenvalue weighted by Crippen LogP contribution is 2.54. The van der Waals surface area contributed by atoms with Crippen LogP contribution in [0.4, 0.5) is 0 Å². The Morgan fingerprint density at radius 1 is 0.900 bits per heavy atom. The molecule has 0 amide bonds. The van der Waals surface area contributed by atoms with Gasteiger partial charge in [-0.3, -0.25) is 9.59 Å². The smallest absolute Gasteiger partial charge is 0.344 e. The Morgan fingerprint density at radius 3 is 2.00 bits per heavy atom. The average Bonchev–Trinajstić information content (AvgIpc) is 3.16. The second kappa shape index (κ2) is 9.09. The van der Waals surface area contributed by atoms with Crippen molar-refractivity contribution in [1.29, 1.82) is 0 Å². The van der Waals surface area contributed by atoms with Gasteiger partial charge in [0.2, 0.25) is 5.60 Å². The lowest BCUT2D eigenvalue weighted by atomic mass is 9.74. The van der Waals surface area contributed by atoms with E-state index in [1.807, 2.05) is 6.07 Å². The molecule has 7 nitrogen and oxygen atoms in total. The molecule has 30 heavy (non-hydrogen) atoms. The van der Waals surface area contributed by atoms with Gasteiger partial charge >= 0.3 is 17.9 Å². The summed E-state index contributed by atoms with van der Waals surface area (Å²) in [5.41, 5.74) is -0.848. The first-order valence-corrected chi connectivity index (χ1v) is 9.62. The molecule has 3 rings (SSSR count). The van der Waals surface area contributed by atoms with Gasteiger partial charge in [-0.15, -0.1) is 0 Å². The molecule has 1 aliphatic heterocycles. The van der Waals surface area contributed by atoms with Gasteiger partial charge in [-0.2, -0.15) is 0 Å². The third-order valence-electron chi connectivity index (χ3n) is 5.27. The maximum Gasteiger partial charge on any atom is 0.344 e. The SMILES string of the molecule is CCOC(=O)C1(c2ccccc2)OC(c2ccccc2)[C@H](C(=O)OC)[C@H]1C(=O)OC. The fourth-order valence-electron chi connectivity index (χ4n) is 3.99. The molecular weight excluding hydrogens is 388 g/mol. The topological polar surface area (TPSA) is 88.1 Å². The number of methoxy groups -OCH3 is 2. The van der Waals surface area contributed by atoms with Crippen molar-refractivity contribution in [2.24, 2.45) is 11.8 Å². The van der Waals surface area contributed by atoms with Crippen LogP contribution in [-0.4, -0.2) is 38.7 Å². The molecule has 2 aromatic carbocycles. The molecule has 1 saturated heterocycles. The fourth-order valence-corrected chi connectivity index (χ4v) is 3.99. The highest BCUT2D eigenvalue weighted by Gasteiger charge is 2.67. The number of benzene rings is 2. The van der Waals surface area contributed by atoms with E-state index in [4.69, 9.17) is 18.9 Å². The molecule has 4 atom stereocenters. The monoisotopic (exact) mass is 412 g/mol. The number of ether oxygens (including phenoxy) is 4. The molecule has 0 aromatic heterocycles. The summed E-state index contributed by atoms with van der Waals surface area (Å²) in [6, 6.07) is 17.5. The van der Waals surface area contributed by atoms with Crippen molar-refractivity contribution in [3.8, 4) is 0 Å². The third-order valence-corrected chi connectivity index (χ3v) is 5.27. The zero-order chi connectivity index (χ0) is 21.7. The summed E-state index contributed by atoms with van der Waals surface area (Å²) >= 11 is 0. The second-order valence-corrected chi connectivity index (χ2v) is 6.82. The van der Waals surface area contributed by atoms with Crippen LogP contribution < -0.4 is 0 Å². The van der Waals surface area contributed by atoms with Crippen molar-refractivity contribution in [2.75, 3.05) is 20.8 Å². The maximum absolute atomic E-state index is 13.3. The Morgan fingerprint density at radius 2 is 1.47 bits per heavy atom. The summed E-state index contributed by atoms with van der Waals surface area (Å²) < 4.78 is 21.7. The van der Waals surface area contributed by atoms with E-state index >= 15 is 0 Å². The highest BCUT2D eigenvalue weighted by atomic mass is 16.6. The lowest BCUT2D eigenvalue weighted by Crippen LogP contribution is -2.48. The van der Waals surface area contributed by atoms with Gasteiger partial charge in [-0.05, 0) is 18.1 Å². The number of hydrogen-bond donors (Lipinski definition) is 0. The molecule has 7 heteroatoms. The normalized spacial score (nSPS) is 25.4. The number of rotatable bonds is 6. The Hall–Kier alpha value is -3.19. The Kier molecular flexibility index (Phi) is 6.52. The predicted octanol–water partition coefficient (Wildman–Crippen LogP) is 2.79. The third kappa shape index (κ3) is 3.57. The average molecular weight is 412 g/mol. The van der Waals surface area contributed by atoms with Crippen LogP contribution in [0.15, 0.2) is 60.7 Å². The lowest BCUT2D eigenvalue weighted by Gasteiger charge is -2.31. The minimum absolute atomic E-state index is 0.0730. The summed E-state index contributed by atoms with van der Waals surface area (Å²) in [5, 5.41) is 0. The lowest BCUT2D eigenvalue weighted by molar-refractivity contribution is -0.183. The number of carbonyl (C=O) groups is 3. The molecule has 158 valence electrons. The summed E-state index contributed by atoms with van der Waals surface area (Å²) in [5.74, 6) is -4.63. The molecule has 1 aliphatic rings. The van der Waals surface area contributed by atoms with Crippen LogP contribution in [0.5, 0.6) is 0 Å². The van der Waals surface area contributed by atoms with Gasteiger partial charge in [0.05, 0.1) is 26.9 Å². The van der Waals surface area contributed by atoms with Crippen molar-refractivity contribution in [3.05, 3.63) is 71.8 Å². The molecule has 2 unspecified atom stereocenters. The second-order valence-electron chi connectivity index (χ2n) is 6.82. The zero-order valence-electron chi connectivity index (χ0n) is 17.1. The van der Waals surface area contributed by atoms with Gasteiger partial charge in [0.15, 0.2) is 0 Å². The Balaban J connectivity index is 2.29. The van der Waals surface area contributed by atoms with E-state index in [-0.39, 0.29) is 6.61 Å². The van der Waals surface area contributed by atoms with Gasteiger partial charge in [0.1, 0.15) is 11.8 Å². The Labute approximate surface area is 174 Å². The minimum atomic E-state index is -1.87. The van der Waals surface area contributed by atoms with Gasteiger partial charge in [-0.25, -0.2) is 4.79 Å². The molecule has 0 bridgehead atoms. The molecule has 0 aliphatic carbocycles. The van der Waals surface area contributed by atoms with E-state index in [0.717, 1.165) is 0 Å². The molecule has 1 fully saturated rings. The number of esters is 3. The van der Waals surface area contributed by atoms with Crippen LogP contribution in [-0.2, 0) is 38.9 Å². The standard InChI is InChI=1S/C23H24O7/c1-4-29-22(26)23(16-13-9-6-10-14-16)18(21(25)28-3)17(20(24)27-2)19(30-23)15-11-7-5-8-12-15/h5-14,17-19H,4H2,1-3H3/t17-,18+,19?,23?/m1/s1. The number of carbonyl (C=O) groups excluding carboxylic acids is 3. The molecule has 0 saturated carbocycles. The quantitative estimate of drug-likeness (QED) is 0.532. The van der Waals surface area contributed by atoms with Gasteiger partial charge in [-0.1, -0.05) is 60.7 Å². The van der Waals surface area contributed by atoms with Crippen LogP contribution in [0, 0.1) is 11.8 Å². The molecular formula is C23H24O7. The van der Waals surface area contributed by atoms with Crippen molar-refractivity contribution in [2.45, 2.75) is 18.6 Å². The van der Waals surface area contributed by atoms with E-state index in [1.54, 1.807) is 61.5 Å². The van der Waals surface area contributed by atoms with Crippen LogP contribution in [0.2, 0.25) is 0 Å². The molecule has 0 spiro atoms. The van der Waals surface area contributed by atoms with Crippen LogP contribution in [0.25, 0.3) is 0 Å². The van der Waals surface area contributed by atoms with E-state index in [9.17, 15) is 14.4 Å². The van der Waals surface area contributed by atoms with Crippen molar-refractivity contribution in [1.82, 2.24) is 0 Å². The first-order chi connectivity index (χ1) is 14.5. The van der Waals surface area contributed by atoms with E-state index in [2.05, 4.69) is 0 Å². The first kappa shape index (κ1) is 21.5. The maximum atomic E-state index is 13.3. The Bertz CT molecular complexity index is 896. The summed E-state index contributed by atoms with van der Waals surface area (Å²) in [7, 11) is 2.43. The molecule has 0 N–H and O–H groups in total. The van der Waals surface area contributed by atoms with E-state index < -0.39 is 41.4 Å². The van der Waals surface area contributed by atoms with Crippen molar-refractivity contribution < 1.29 is 33.3 Å². The van der Waals surface area contributed by atoms with E-state index in [1.165, 1.54) is 14.2 Å². The molecule has 1 heterocycles. The first-order valence-electron chi connectivity index (χ1n) is 9.62. The van der Waals surface area contributed by atoms with Crippen LogP contribution >= 0.6 is 0 Å². The minimum Gasteiger partial charge on any atom is -0.469 e. The summed E-state index contributed by atoms with van der Waals surface area (Å²) in [6.45, 7) is 1.73. The largest absolute Gasteiger partial charge is 0.469 e. The summed E-state index contributed by atoms with van der Waals surface area (Å²) in [6.07, 6.45) is -0.924. The molecule has 2 aromatic rings.